The molecular weight excluding hydrogens is 484 g/mol. The molecule has 2 saturated carbocycles. The van der Waals surface area contributed by atoms with Crippen LogP contribution in [0.4, 0.5) is 0 Å². The van der Waals surface area contributed by atoms with Crippen molar-refractivity contribution >= 4 is 17.5 Å². The average molecular weight is 519 g/mol. The maximum Gasteiger partial charge on any atom is 0.348 e. The van der Waals surface area contributed by atoms with E-state index >= 15 is 0 Å². The van der Waals surface area contributed by atoms with Gasteiger partial charge in [0.25, 0.3) is 17.5 Å². The first kappa shape index (κ1) is 25.9. The number of carbonyl (C=O) groups is 2. The van der Waals surface area contributed by atoms with Crippen molar-refractivity contribution in [2.24, 2.45) is 0 Å². The first-order chi connectivity index (χ1) is 18.4. The largest absolute Gasteiger partial charge is 0.468 e. The molecule has 0 atom stereocenters. The zero-order valence-electron chi connectivity index (χ0n) is 21.8. The third-order valence-electron chi connectivity index (χ3n) is 7.49. The summed E-state index contributed by atoms with van der Waals surface area (Å²) in [6.45, 7) is 4.13. The SMILES string of the molecule is C=C1OC2(CCCCC2)OC(OC)=C1/C=C/C(=C/C=C1C(=O)OC2(CCCCC2)OC1=O)c1ccccc1. The van der Waals surface area contributed by atoms with Crippen molar-refractivity contribution in [2.45, 2.75) is 75.8 Å². The first-order valence-electron chi connectivity index (χ1n) is 13.4. The molecule has 5 rings (SSSR count). The number of ether oxygens (including phenoxy) is 5. The second-order valence-corrected chi connectivity index (χ2v) is 10.2. The van der Waals surface area contributed by atoms with Crippen molar-refractivity contribution in [2.75, 3.05) is 7.11 Å². The lowest BCUT2D eigenvalue weighted by molar-refractivity contribution is -0.244. The van der Waals surface area contributed by atoms with E-state index in [9.17, 15) is 9.59 Å². The maximum absolute atomic E-state index is 12.8. The number of carbonyl (C=O) groups excluding carboxylic acids is 2. The minimum absolute atomic E-state index is 0.132. The van der Waals surface area contributed by atoms with Crippen LogP contribution in [0, 0.1) is 0 Å². The summed E-state index contributed by atoms with van der Waals surface area (Å²) in [5.74, 6) is -2.30. The van der Waals surface area contributed by atoms with Gasteiger partial charge in [-0.3, -0.25) is 0 Å². The van der Waals surface area contributed by atoms with Crippen molar-refractivity contribution in [1.82, 2.24) is 0 Å². The topological polar surface area (TPSA) is 80.3 Å². The Bertz CT molecular complexity index is 1180. The Hall–Kier alpha value is -3.74. The van der Waals surface area contributed by atoms with E-state index in [1.54, 1.807) is 13.2 Å². The summed E-state index contributed by atoms with van der Waals surface area (Å²) in [5, 5.41) is 0. The van der Waals surface area contributed by atoms with Gasteiger partial charge in [-0.15, -0.1) is 0 Å². The molecule has 2 heterocycles. The molecule has 1 aromatic carbocycles. The Morgan fingerprint density at radius 3 is 2.00 bits per heavy atom. The van der Waals surface area contributed by atoms with Crippen LogP contribution in [-0.4, -0.2) is 30.6 Å². The van der Waals surface area contributed by atoms with Gasteiger partial charge in [0.2, 0.25) is 0 Å². The molecule has 0 N–H and O–H groups in total. The standard InChI is InChI=1S/C31H34O7/c1-22-25(29(34-2)38-30(35-22)18-8-4-9-19-30)16-14-24(23-12-6-3-7-13-23)15-17-26-27(32)36-31(37-28(26)33)20-10-5-11-21-31/h3,6-7,12-17H,1,4-5,8-11,18-21H2,2H3/b16-14+,24-15-. The lowest BCUT2D eigenvalue weighted by Crippen LogP contribution is -2.47. The van der Waals surface area contributed by atoms with Crippen LogP contribution in [0.1, 0.15) is 69.8 Å². The van der Waals surface area contributed by atoms with Gasteiger partial charge in [0.1, 0.15) is 11.3 Å². The van der Waals surface area contributed by atoms with Crippen molar-refractivity contribution in [1.29, 1.82) is 0 Å². The predicted octanol–water partition coefficient (Wildman–Crippen LogP) is 6.39. The summed E-state index contributed by atoms with van der Waals surface area (Å²) in [5.41, 5.74) is 2.08. The van der Waals surface area contributed by atoms with Gasteiger partial charge in [0.15, 0.2) is 0 Å². The van der Waals surface area contributed by atoms with Crippen LogP contribution in [0.2, 0.25) is 0 Å². The highest BCUT2D eigenvalue weighted by Gasteiger charge is 2.46. The molecule has 1 saturated heterocycles. The van der Waals surface area contributed by atoms with Crippen LogP contribution >= 0.6 is 0 Å². The molecule has 0 bridgehead atoms. The van der Waals surface area contributed by atoms with Crippen molar-refractivity contribution in [3.63, 3.8) is 0 Å². The third-order valence-corrected chi connectivity index (χ3v) is 7.49. The lowest BCUT2D eigenvalue weighted by atomic mass is 9.93. The molecular formula is C31H34O7. The smallest absolute Gasteiger partial charge is 0.348 e. The monoisotopic (exact) mass is 518 g/mol. The normalized spacial score (nSPS) is 23.1. The highest BCUT2D eigenvalue weighted by Crippen LogP contribution is 2.42. The van der Waals surface area contributed by atoms with E-state index in [2.05, 4.69) is 6.58 Å². The van der Waals surface area contributed by atoms with Crippen LogP contribution in [0.25, 0.3) is 5.57 Å². The van der Waals surface area contributed by atoms with E-state index in [1.165, 1.54) is 6.08 Å². The van der Waals surface area contributed by atoms with E-state index in [1.807, 2.05) is 42.5 Å². The molecule has 2 aliphatic heterocycles. The summed E-state index contributed by atoms with van der Waals surface area (Å²) in [6, 6.07) is 9.63. The fraction of sp³-hybridized carbons (Fsp3) is 0.419. The van der Waals surface area contributed by atoms with E-state index in [-0.39, 0.29) is 5.57 Å². The Balaban J connectivity index is 1.43. The van der Waals surface area contributed by atoms with E-state index < -0.39 is 23.5 Å². The third kappa shape index (κ3) is 5.42. The van der Waals surface area contributed by atoms with E-state index in [4.69, 9.17) is 23.7 Å². The van der Waals surface area contributed by atoms with Gasteiger partial charge in [-0.1, -0.05) is 61.9 Å². The zero-order chi connectivity index (χ0) is 26.6. The van der Waals surface area contributed by atoms with E-state index in [0.717, 1.165) is 62.5 Å². The maximum atomic E-state index is 12.8. The fourth-order valence-corrected chi connectivity index (χ4v) is 5.45. The molecule has 0 aromatic heterocycles. The predicted molar refractivity (Wildman–Crippen MR) is 141 cm³/mol. The zero-order valence-corrected chi connectivity index (χ0v) is 21.8. The Labute approximate surface area is 223 Å². The number of hydrogen-bond acceptors (Lipinski definition) is 7. The molecule has 7 nitrogen and oxygen atoms in total. The Kier molecular flexibility index (Phi) is 7.45. The van der Waals surface area contributed by atoms with Gasteiger partial charge >= 0.3 is 11.9 Å². The van der Waals surface area contributed by atoms with Crippen LogP contribution in [0.3, 0.4) is 0 Å². The second-order valence-electron chi connectivity index (χ2n) is 10.2. The van der Waals surface area contributed by atoms with Crippen LogP contribution < -0.4 is 0 Å². The minimum Gasteiger partial charge on any atom is -0.468 e. The number of rotatable bonds is 5. The van der Waals surface area contributed by atoms with Crippen LogP contribution in [0.5, 0.6) is 0 Å². The number of methoxy groups -OCH3 is 1. The second kappa shape index (κ2) is 10.9. The Morgan fingerprint density at radius 1 is 0.842 bits per heavy atom. The van der Waals surface area contributed by atoms with Gasteiger partial charge in [-0.25, -0.2) is 9.59 Å². The lowest BCUT2D eigenvalue weighted by Gasteiger charge is -2.41. The molecule has 38 heavy (non-hydrogen) atoms. The molecule has 3 fully saturated rings. The summed E-state index contributed by atoms with van der Waals surface area (Å²) in [4.78, 5) is 25.6. The van der Waals surface area contributed by atoms with E-state index in [0.29, 0.717) is 30.1 Å². The van der Waals surface area contributed by atoms with Gasteiger partial charge < -0.3 is 23.7 Å². The average Bonchev–Trinajstić information content (AvgIpc) is 2.92. The summed E-state index contributed by atoms with van der Waals surface area (Å²) < 4.78 is 29.2. The molecule has 0 radical (unpaired) electrons. The summed E-state index contributed by atoms with van der Waals surface area (Å²) in [7, 11) is 1.57. The molecule has 200 valence electrons. The van der Waals surface area contributed by atoms with Gasteiger partial charge in [-0.05, 0) is 49.0 Å². The Morgan fingerprint density at radius 2 is 1.42 bits per heavy atom. The van der Waals surface area contributed by atoms with Crippen molar-refractivity contribution in [3.05, 3.63) is 89.6 Å². The van der Waals surface area contributed by atoms with Crippen LogP contribution in [0.15, 0.2) is 84.1 Å². The number of hydrogen-bond donors (Lipinski definition) is 0. The quantitative estimate of drug-likeness (QED) is 0.193. The minimum atomic E-state index is -1.12. The molecule has 1 aromatic rings. The molecule has 0 amide bonds. The molecule has 4 aliphatic rings. The molecule has 2 spiro atoms. The highest BCUT2D eigenvalue weighted by atomic mass is 16.8. The first-order valence-corrected chi connectivity index (χ1v) is 13.4. The van der Waals surface area contributed by atoms with Crippen LogP contribution in [-0.2, 0) is 33.3 Å². The summed E-state index contributed by atoms with van der Waals surface area (Å²) in [6.07, 6.45) is 15.4. The fourth-order valence-electron chi connectivity index (χ4n) is 5.45. The number of benzene rings is 1. The summed E-state index contributed by atoms with van der Waals surface area (Å²) >= 11 is 0. The van der Waals surface area contributed by atoms with Gasteiger partial charge in [0, 0.05) is 25.7 Å². The number of allylic oxidation sites excluding steroid dienone is 5. The van der Waals surface area contributed by atoms with Gasteiger partial charge in [0.05, 0.1) is 12.7 Å². The molecule has 2 aliphatic carbocycles. The van der Waals surface area contributed by atoms with Crippen molar-refractivity contribution in [3.8, 4) is 0 Å². The molecule has 7 heteroatoms. The highest BCUT2D eigenvalue weighted by molar-refractivity contribution is 6.15. The molecule has 0 unspecified atom stereocenters. The van der Waals surface area contributed by atoms with Crippen molar-refractivity contribution < 1.29 is 33.3 Å². The number of esters is 2. The van der Waals surface area contributed by atoms with Gasteiger partial charge in [-0.2, -0.15) is 0 Å².